The van der Waals surface area contributed by atoms with Gasteiger partial charge in [-0.25, -0.2) is 15.0 Å². The summed E-state index contributed by atoms with van der Waals surface area (Å²) in [5, 5.41) is 9.65. The number of benzene rings is 11. The molecule has 1 unspecified atom stereocenters. The summed E-state index contributed by atoms with van der Waals surface area (Å²) in [7, 11) is 0. The van der Waals surface area contributed by atoms with Crippen molar-refractivity contribution in [3.05, 3.63) is 235 Å². The van der Waals surface area contributed by atoms with Crippen molar-refractivity contribution >= 4 is 54.3 Å². The van der Waals surface area contributed by atoms with Crippen molar-refractivity contribution in [2.45, 2.75) is 5.92 Å². The van der Waals surface area contributed by atoms with E-state index in [1.807, 2.05) is 24.3 Å². The highest BCUT2D eigenvalue weighted by Gasteiger charge is 2.35. The number of furan rings is 1. The molecule has 0 saturated heterocycles. The Morgan fingerprint density at radius 3 is 1.74 bits per heavy atom. The summed E-state index contributed by atoms with van der Waals surface area (Å²) in [6, 6.07) is 78.5. The van der Waals surface area contributed by atoms with Crippen molar-refractivity contribution < 1.29 is 4.42 Å². The van der Waals surface area contributed by atoms with Crippen LogP contribution in [-0.4, -0.2) is 15.0 Å². The van der Waals surface area contributed by atoms with E-state index in [9.17, 15) is 0 Å². The third kappa shape index (κ3) is 5.40. The molecular formula is C64H37N3O. The molecule has 2 heterocycles. The molecule has 0 fully saturated rings. The van der Waals surface area contributed by atoms with E-state index in [-0.39, 0.29) is 5.92 Å². The normalized spacial score (nSPS) is 13.4. The molecule has 1 atom stereocenters. The lowest BCUT2D eigenvalue weighted by Gasteiger charge is -2.16. The van der Waals surface area contributed by atoms with Gasteiger partial charge < -0.3 is 4.42 Å². The highest BCUT2D eigenvalue weighted by atomic mass is 16.3. The van der Waals surface area contributed by atoms with E-state index in [1.54, 1.807) is 0 Å². The van der Waals surface area contributed by atoms with Crippen LogP contribution in [0.2, 0.25) is 0 Å². The fourth-order valence-electron chi connectivity index (χ4n) is 11.5. The summed E-state index contributed by atoms with van der Waals surface area (Å²) < 4.78 is 6.54. The van der Waals surface area contributed by atoms with Crippen molar-refractivity contribution in [2.75, 3.05) is 0 Å². The molecule has 4 heteroatoms. The number of fused-ring (bicyclic) bond motifs is 13. The van der Waals surface area contributed by atoms with Gasteiger partial charge >= 0.3 is 0 Å². The van der Waals surface area contributed by atoms with Crippen molar-refractivity contribution in [2.24, 2.45) is 0 Å². The van der Waals surface area contributed by atoms with Crippen LogP contribution in [0.3, 0.4) is 0 Å². The number of nitrogens with zero attached hydrogens (tertiary/aromatic N) is 3. The van der Waals surface area contributed by atoms with E-state index in [0.717, 1.165) is 55.6 Å². The van der Waals surface area contributed by atoms with Gasteiger partial charge in [-0.2, -0.15) is 0 Å². The Hall–Kier alpha value is -8.99. The fourth-order valence-corrected chi connectivity index (χ4v) is 11.5. The van der Waals surface area contributed by atoms with Gasteiger partial charge in [0.05, 0.1) is 5.92 Å². The molecule has 0 bridgehead atoms. The quantitative estimate of drug-likeness (QED) is 0.173. The van der Waals surface area contributed by atoms with Gasteiger partial charge in [-0.1, -0.05) is 200 Å². The smallest absolute Gasteiger partial charge is 0.163 e. The fraction of sp³-hybridized carbons (Fsp3) is 0.0156. The van der Waals surface area contributed by atoms with Crippen LogP contribution in [0.5, 0.6) is 0 Å². The zero-order valence-corrected chi connectivity index (χ0v) is 36.6. The topological polar surface area (TPSA) is 51.8 Å². The highest BCUT2D eigenvalue weighted by Crippen LogP contribution is 2.53. The molecule has 0 N–H and O–H groups in total. The van der Waals surface area contributed by atoms with E-state index in [2.05, 4.69) is 194 Å². The summed E-state index contributed by atoms with van der Waals surface area (Å²) in [6.07, 6.45) is 0. The van der Waals surface area contributed by atoms with Crippen LogP contribution < -0.4 is 0 Å². The highest BCUT2D eigenvalue weighted by molar-refractivity contribution is 6.22. The lowest BCUT2D eigenvalue weighted by Crippen LogP contribution is -2.09. The van der Waals surface area contributed by atoms with Crippen LogP contribution in [0.25, 0.3) is 133 Å². The van der Waals surface area contributed by atoms with Crippen LogP contribution >= 0.6 is 0 Å². The van der Waals surface area contributed by atoms with Crippen LogP contribution in [0.15, 0.2) is 223 Å². The Bertz CT molecular complexity index is 4230. The minimum atomic E-state index is -0.227. The van der Waals surface area contributed by atoms with E-state index in [1.165, 1.54) is 82.4 Å². The largest absolute Gasteiger partial charge is 0.456 e. The van der Waals surface area contributed by atoms with Crippen molar-refractivity contribution in [1.82, 2.24) is 15.0 Å². The van der Waals surface area contributed by atoms with Crippen molar-refractivity contribution in [1.29, 1.82) is 0 Å². The second-order valence-electron chi connectivity index (χ2n) is 18.1. The first-order valence-corrected chi connectivity index (χ1v) is 23.3. The molecular weight excluding hydrogens is 827 g/mol. The second kappa shape index (κ2) is 14.3. The van der Waals surface area contributed by atoms with Crippen molar-refractivity contribution in [3.63, 3.8) is 0 Å². The Kier molecular flexibility index (Phi) is 7.81. The number of hydrogen-bond donors (Lipinski definition) is 0. The van der Waals surface area contributed by atoms with Gasteiger partial charge in [0.2, 0.25) is 0 Å². The van der Waals surface area contributed by atoms with Crippen LogP contribution in [0.1, 0.15) is 22.9 Å². The predicted molar refractivity (Wildman–Crippen MR) is 279 cm³/mol. The molecule has 4 nitrogen and oxygen atoms in total. The molecule has 0 radical (unpaired) electrons. The van der Waals surface area contributed by atoms with Gasteiger partial charge in [0.1, 0.15) is 17.0 Å². The summed E-state index contributed by atoms with van der Waals surface area (Å²) in [5.74, 6) is 1.80. The molecule has 314 valence electrons. The molecule has 0 saturated carbocycles. The Morgan fingerprint density at radius 2 is 0.912 bits per heavy atom. The number of hydrogen-bond acceptors (Lipinski definition) is 4. The average molecular weight is 864 g/mol. The first kappa shape index (κ1) is 37.3. The van der Waals surface area contributed by atoms with Gasteiger partial charge in [-0.15, -0.1) is 0 Å². The Balaban J connectivity index is 0.895. The van der Waals surface area contributed by atoms with Gasteiger partial charge in [-0.3, -0.25) is 0 Å². The molecule has 2 aliphatic rings. The zero-order chi connectivity index (χ0) is 44.5. The van der Waals surface area contributed by atoms with E-state index in [0.29, 0.717) is 11.6 Å². The monoisotopic (exact) mass is 863 g/mol. The molecule has 0 amide bonds. The molecule has 11 aromatic carbocycles. The van der Waals surface area contributed by atoms with Crippen LogP contribution in [-0.2, 0) is 0 Å². The summed E-state index contributed by atoms with van der Waals surface area (Å²) in [5.41, 5.74) is 18.3. The molecule has 0 spiro atoms. The molecule has 13 aromatic rings. The van der Waals surface area contributed by atoms with Gasteiger partial charge in [-0.05, 0) is 117 Å². The zero-order valence-electron chi connectivity index (χ0n) is 36.6. The van der Waals surface area contributed by atoms with E-state index < -0.39 is 0 Å². The predicted octanol–water partition coefficient (Wildman–Crippen LogP) is 16.7. The first-order valence-electron chi connectivity index (χ1n) is 23.3. The van der Waals surface area contributed by atoms with Crippen molar-refractivity contribution in [3.8, 4) is 78.4 Å². The molecule has 2 aromatic heterocycles. The Morgan fingerprint density at radius 1 is 0.309 bits per heavy atom. The van der Waals surface area contributed by atoms with E-state index in [4.69, 9.17) is 19.4 Å². The molecule has 68 heavy (non-hydrogen) atoms. The Labute approximate surface area is 391 Å². The lowest BCUT2D eigenvalue weighted by atomic mass is 9.91. The third-order valence-electron chi connectivity index (χ3n) is 14.5. The summed E-state index contributed by atoms with van der Waals surface area (Å²) in [6.45, 7) is 0. The molecule has 2 aliphatic carbocycles. The number of para-hydroxylation sites is 1. The maximum atomic E-state index is 6.54. The SMILES string of the molecule is c1ccc(-c2nc(-c3ccc(-c4ccc5c6c(cccc46)-c4ccccc4-5)cc3)nc(C3c4ccc(-c5cc6oc7ccccc7c6c6ccccc56)cc4-c4c3ccc3ccccc43)n2)cc1. The van der Waals surface area contributed by atoms with Gasteiger partial charge in [0, 0.05) is 21.9 Å². The lowest BCUT2D eigenvalue weighted by molar-refractivity contribution is 0.669. The maximum absolute atomic E-state index is 6.54. The van der Waals surface area contributed by atoms with Crippen LogP contribution in [0, 0.1) is 0 Å². The molecule has 15 rings (SSSR count). The third-order valence-corrected chi connectivity index (χ3v) is 14.5. The average Bonchev–Trinajstić information content (AvgIpc) is 4.07. The minimum absolute atomic E-state index is 0.227. The van der Waals surface area contributed by atoms with Gasteiger partial charge in [0.25, 0.3) is 0 Å². The van der Waals surface area contributed by atoms with Crippen LogP contribution in [0.4, 0.5) is 0 Å². The summed E-state index contributed by atoms with van der Waals surface area (Å²) >= 11 is 0. The number of aromatic nitrogens is 3. The van der Waals surface area contributed by atoms with Gasteiger partial charge in [0.15, 0.2) is 11.6 Å². The minimum Gasteiger partial charge on any atom is -0.456 e. The van der Waals surface area contributed by atoms with E-state index >= 15 is 0 Å². The summed E-state index contributed by atoms with van der Waals surface area (Å²) in [4.78, 5) is 16.0. The second-order valence-corrected chi connectivity index (χ2v) is 18.1. The first-order chi connectivity index (χ1) is 33.7. The maximum Gasteiger partial charge on any atom is 0.163 e. The number of rotatable bonds is 5. The standard InChI is InChI=1S/C64H37N3O/c1-2-14-39(15-3-1)62-65-63(40-27-25-38(26-28-40)42-33-34-50-45-18-7-6-17-44(45)48-23-12-22-47(42)59(48)50)67-64(66-62)61-51-31-30-41(35-55(51)58-43-16-5-4-13-37(43)29-32-53(58)61)54-36-57-60(49-20-9-8-19-46(49)54)52-21-10-11-24-56(52)68-57/h1-36,61H. The molecule has 0 aliphatic heterocycles.